The van der Waals surface area contributed by atoms with Gasteiger partial charge in [-0.15, -0.1) is 0 Å². The maximum atomic E-state index is 11.8. The van der Waals surface area contributed by atoms with E-state index in [1.165, 1.54) is 11.1 Å². The molecule has 2 N–H and O–H groups in total. The molecule has 0 radical (unpaired) electrons. The molecule has 1 aliphatic carbocycles. The predicted molar refractivity (Wildman–Crippen MR) is 94.1 cm³/mol. The molecule has 0 aromatic heterocycles. The number of alkyl carbamates (subject to hydrolysis) is 1. The lowest BCUT2D eigenvalue weighted by Crippen LogP contribution is -2.46. The first kappa shape index (κ1) is 18.1. The van der Waals surface area contributed by atoms with E-state index < -0.39 is 5.60 Å². The van der Waals surface area contributed by atoms with Gasteiger partial charge in [-0.3, -0.25) is 0 Å². The average molecular weight is 339 g/mol. The molecule has 0 saturated heterocycles. The number of rotatable bonds is 5. The van der Waals surface area contributed by atoms with E-state index in [9.17, 15) is 4.79 Å². The standard InChI is InChI=1S/C18H27ClN2O2/c1-5-15(11-20-17(22)23-18(2,3)4)21-16-9-12-6-7-14(19)8-13(12)10-16/h6-8,15-16,21H,5,9-11H2,1-4H3,(H,20,22). The highest BCUT2D eigenvalue weighted by Crippen LogP contribution is 2.25. The second-order valence-corrected chi connectivity index (χ2v) is 7.61. The van der Waals surface area contributed by atoms with Crippen molar-refractivity contribution in [1.29, 1.82) is 0 Å². The maximum absolute atomic E-state index is 11.8. The summed E-state index contributed by atoms with van der Waals surface area (Å²) >= 11 is 6.06. The van der Waals surface area contributed by atoms with Gasteiger partial charge in [0.1, 0.15) is 5.60 Å². The molecule has 2 atom stereocenters. The summed E-state index contributed by atoms with van der Waals surface area (Å²) < 4.78 is 5.27. The van der Waals surface area contributed by atoms with Crippen LogP contribution >= 0.6 is 11.6 Å². The van der Waals surface area contributed by atoms with Crippen LogP contribution in [0, 0.1) is 0 Å². The third-order valence-corrected chi connectivity index (χ3v) is 4.19. The molecule has 0 fully saturated rings. The Morgan fingerprint density at radius 2 is 2.04 bits per heavy atom. The normalized spacial score (nSPS) is 18.4. The van der Waals surface area contributed by atoms with Gasteiger partial charge in [-0.2, -0.15) is 0 Å². The zero-order chi connectivity index (χ0) is 17.0. The number of nitrogens with one attached hydrogen (secondary N) is 2. The van der Waals surface area contributed by atoms with Gasteiger partial charge in [0.15, 0.2) is 0 Å². The second-order valence-electron chi connectivity index (χ2n) is 7.17. The molecule has 1 aromatic carbocycles. The number of hydrogen-bond donors (Lipinski definition) is 2. The lowest BCUT2D eigenvalue weighted by Gasteiger charge is -2.24. The Morgan fingerprint density at radius 3 is 2.70 bits per heavy atom. The zero-order valence-corrected chi connectivity index (χ0v) is 15.2. The van der Waals surface area contributed by atoms with Crippen LogP contribution in [0.5, 0.6) is 0 Å². The Balaban J connectivity index is 1.81. The predicted octanol–water partition coefficient (Wildman–Crippen LogP) is 3.70. The summed E-state index contributed by atoms with van der Waals surface area (Å²) in [7, 11) is 0. The van der Waals surface area contributed by atoms with Gasteiger partial charge in [0.2, 0.25) is 0 Å². The van der Waals surface area contributed by atoms with E-state index >= 15 is 0 Å². The molecular formula is C18H27ClN2O2. The van der Waals surface area contributed by atoms with Gasteiger partial charge < -0.3 is 15.4 Å². The molecule has 4 nitrogen and oxygen atoms in total. The summed E-state index contributed by atoms with van der Waals surface area (Å²) in [6.45, 7) is 8.28. The molecule has 23 heavy (non-hydrogen) atoms. The van der Waals surface area contributed by atoms with Gasteiger partial charge in [-0.1, -0.05) is 24.6 Å². The Labute approximate surface area is 143 Å². The van der Waals surface area contributed by atoms with Crippen LogP contribution < -0.4 is 10.6 Å². The van der Waals surface area contributed by atoms with Crippen molar-refractivity contribution >= 4 is 17.7 Å². The van der Waals surface area contributed by atoms with Crippen molar-refractivity contribution in [2.45, 2.75) is 64.6 Å². The van der Waals surface area contributed by atoms with Crippen LogP contribution in [0.4, 0.5) is 4.79 Å². The molecule has 128 valence electrons. The molecule has 1 aromatic rings. The van der Waals surface area contributed by atoms with Crippen molar-refractivity contribution in [1.82, 2.24) is 10.6 Å². The minimum Gasteiger partial charge on any atom is -0.444 e. The highest BCUT2D eigenvalue weighted by Gasteiger charge is 2.24. The third-order valence-electron chi connectivity index (χ3n) is 3.96. The van der Waals surface area contributed by atoms with Crippen molar-refractivity contribution in [3.63, 3.8) is 0 Å². The summed E-state index contributed by atoms with van der Waals surface area (Å²) in [5.41, 5.74) is 2.22. The van der Waals surface area contributed by atoms with E-state index in [2.05, 4.69) is 29.7 Å². The zero-order valence-electron chi connectivity index (χ0n) is 14.4. The molecule has 0 aliphatic heterocycles. The van der Waals surface area contributed by atoms with Crippen LogP contribution in [0.1, 0.15) is 45.2 Å². The minimum absolute atomic E-state index is 0.234. The van der Waals surface area contributed by atoms with Gasteiger partial charge in [-0.25, -0.2) is 4.79 Å². The highest BCUT2D eigenvalue weighted by molar-refractivity contribution is 6.30. The first-order valence-corrected chi connectivity index (χ1v) is 8.65. The molecule has 5 heteroatoms. The smallest absolute Gasteiger partial charge is 0.407 e. The van der Waals surface area contributed by atoms with Crippen molar-refractivity contribution in [2.24, 2.45) is 0 Å². The average Bonchev–Trinajstić information content (AvgIpc) is 2.82. The van der Waals surface area contributed by atoms with Crippen LogP contribution in [0.25, 0.3) is 0 Å². The molecule has 0 bridgehead atoms. The molecule has 1 aliphatic rings. The van der Waals surface area contributed by atoms with Gasteiger partial charge >= 0.3 is 6.09 Å². The van der Waals surface area contributed by atoms with E-state index in [0.717, 1.165) is 24.3 Å². The van der Waals surface area contributed by atoms with Gasteiger partial charge in [0, 0.05) is 23.7 Å². The SMILES string of the molecule is CCC(CNC(=O)OC(C)(C)C)NC1Cc2ccc(Cl)cc2C1. The Morgan fingerprint density at radius 1 is 1.35 bits per heavy atom. The van der Waals surface area contributed by atoms with Crippen LogP contribution in [-0.2, 0) is 17.6 Å². The fraction of sp³-hybridized carbons (Fsp3) is 0.611. The maximum Gasteiger partial charge on any atom is 0.407 e. The Bertz CT molecular complexity index is 554. The van der Waals surface area contributed by atoms with Crippen LogP contribution in [-0.4, -0.2) is 30.3 Å². The fourth-order valence-electron chi connectivity index (χ4n) is 2.88. The number of benzene rings is 1. The fourth-order valence-corrected chi connectivity index (χ4v) is 3.07. The van der Waals surface area contributed by atoms with Crippen LogP contribution in [0.15, 0.2) is 18.2 Å². The number of carbonyl (C=O) groups excluding carboxylic acids is 1. The van der Waals surface area contributed by atoms with E-state index in [-0.39, 0.29) is 12.1 Å². The first-order chi connectivity index (χ1) is 10.8. The van der Waals surface area contributed by atoms with E-state index in [1.54, 1.807) is 0 Å². The van der Waals surface area contributed by atoms with Gasteiger partial charge in [0.25, 0.3) is 0 Å². The number of carbonyl (C=O) groups is 1. The quantitative estimate of drug-likeness (QED) is 0.860. The summed E-state index contributed by atoms with van der Waals surface area (Å²) in [4.78, 5) is 11.8. The molecule has 0 heterocycles. The first-order valence-electron chi connectivity index (χ1n) is 8.27. The minimum atomic E-state index is -0.467. The molecule has 2 rings (SSSR count). The van der Waals surface area contributed by atoms with Gasteiger partial charge in [0.05, 0.1) is 0 Å². The van der Waals surface area contributed by atoms with E-state index in [0.29, 0.717) is 12.6 Å². The molecular weight excluding hydrogens is 312 g/mol. The molecule has 0 saturated carbocycles. The second kappa shape index (κ2) is 7.54. The Kier molecular flexibility index (Phi) is 5.93. The number of amides is 1. The summed E-state index contributed by atoms with van der Waals surface area (Å²) in [5.74, 6) is 0. The number of hydrogen-bond acceptors (Lipinski definition) is 3. The summed E-state index contributed by atoms with van der Waals surface area (Å²) in [6.07, 6.45) is 2.58. The monoisotopic (exact) mass is 338 g/mol. The van der Waals surface area contributed by atoms with Crippen LogP contribution in [0.2, 0.25) is 5.02 Å². The van der Waals surface area contributed by atoms with Crippen molar-refractivity contribution in [3.05, 3.63) is 34.3 Å². The van der Waals surface area contributed by atoms with Crippen molar-refractivity contribution in [3.8, 4) is 0 Å². The molecule has 1 amide bonds. The number of halogens is 1. The highest BCUT2D eigenvalue weighted by atomic mass is 35.5. The van der Waals surface area contributed by atoms with Crippen molar-refractivity contribution in [2.75, 3.05) is 6.54 Å². The Hall–Kier alpha value is -1.26. The van der Waals surface area contributed by atoms with E-state index in [4.69, 9.17) is 16.3 Å². The van der Waals surface area contributed by atoms with Crippen LogP contribution in [0.3, 0.4) is 0 Å². The van der Waals surface area contributed by atoms with Crippen molar-refractivity contribution < 1.29 is 9.53 Å². The topological polar surface area (TPSA) is 50.4 Å². The van der Waals surface area contributed by atoms with Gasteiger partial charge in [-0.05, 0) is 63.3 Å². The largest absolute Gasteiger partial charge is 0.444 e. The third kappa shape index (κ3) is 5.70. The number of ether oxygens (including phenoxy) is 1. The van der Waals surface area contributed by atoms with E-state index in [1.807, 2.05) is 26.8 Å². The molecule has 2 unspecified atom stereocenters. The molecule has 0 spiro atoms. The lowest BCUT2D eigenvalue weighted by molar-refractivity contribution is 0.0521. The summed E-state index contributed by atoms with van der Waals surface area (Å²) in [5, 5.41) is 7.28. The summed E-state index contributed by atoms with van der Waals surface area (Å²) in [6, 6.07) is 6.74. The number of fused-ring (bicyclic) bond motifs is 1. The lowest BCUT2D eigenvalue weighted by atomic mass is 10.1.